The minimum absolute atomic E-state index is 0.0284. The summed E-state index contributed by atoms with van der Waals surface area (Å²) in [7, 11) is 1.68. The smallest absolute Gasteiger partial charge is 0.202 e. The molecule has 2 rings (SSSR count). The minimum atomic E-state index is -0.0284. The molecule has 1 aromatic rings. The molecule has 2 atom stereocenters. The molecule has 0 aliphatic carbocycles. The zero-order valence-electron chi connectivity index (χ0n) is 11.1. The van der Waals surface area contributed by atoms with Gasteiger partial charge >= 0.3 is 0 Å². The summed E-state index contributed by atoms with van der Waals surface area (Å²) in [6.45, 7) is 5.27. The highest BCUT2D eigenvalue weighted by Gasteiger charge is 2.13. The number of anilines is 1. The second kappa shape index (κ2) is 7.01. The van der Waals surface area contributed by atoms with Crippen LogP contribution >= 0.6 is 11.5 Å². The van der Waals surface area contributed by atoms with Crippen molar-refractivity contribution >= 4 is 16.7 Å². The van der Waals surface area contributed by atoms with Crippen LogP contribution in [0.25, 0.3) is 0 Å². The fourth-order valence-electron chi connectivity index (χ4n) is 2.13. The van der Waals surface area contributed by atoms with Crippen LogP contribution in [0.5, 0.6) is 0 Å². The van der Waals surface area contributed by atoms with Crippen molar-refractivity contribution in [3.05, 3.63) is 5.82 Å². The zero-order valence-corrected chi connectivity index (χ0v) is 11.9. The van der Waals surface area contributed by atoms with Crippen LogP contribution in [0.1, 0.15) is 38.1 Å². The van der Waals surface area contributed by atoms with E-state index in [4.69, 9.17) is 4.74 Å². The molecule has 0 bridgehead atoms. The van der Waals surface area contributed by atoms with Gasteiger partial charge in [-0.3, -0.25) is 0 Å². The molecule has 6 heteroatoms. The molecule has 0 amide bonds. The van der Waals surface area contributed by atoms with Crippen molar-refractivity contribution in [2.45, 2.75) is 32.3 Å². The Bertz CT molecular complexity index is 352. The van der Waals surface area contributed by atoms with Gasteiger partial charge in [0.2, 0.25) is 5.13 Å². The molecule has 1 aromatic heterocycles. The molecule has 0 aromatic carbocycles. The maximum atomic E-state index is 5.19. The van der Waals surface area contributed by atoms with Crippen LogP contribution in [0, 0.1) is 5.92 Å². The van der Waals surface area contributed by atoms with E-state index in [1.165, 1.54) is 37.3 Å². The van der Waals surface area contributed by atoms with Gasteiger partial charge in [0, 0.05) is 25.2 Å². The number of hydrogen-bond donors (Lipinski definition) is 2. The molecule has 2 unspecified atom stereocenters. The molecule has 5 nitrogen and oxygen atoms in total. The Morgan fingerprint density at radius 3 is 3.22 bits per heavy atom. The molecule has 0 spiro atoms. The Kier molecular flexibility index (Phi) is 5.34. The quantitative estimate of drug-likeness (QED) is 0.828. The van der Waals surface area contributed by atoms with Crippen LogP contribution in [-0.2, 0) is 4.74 Å². The Labute approximate surface area is 113 Å². The molecule has 0 radical (unpaired) electrons. The summed E-state index contributed by atoms with van der Waals surface area (Å²) in [6, 6.07) is 0. The monoisotopic (exact) mass is 270 g/mol. The van der Waals surface area contributed by atoms with Crippen LogP contribution < -0.4 is 10.6 Å². The van der Waals surface area contributed by atoms with Crippen molar-refractivity contribution in [3.8, 4) is 0 Å². The third-order valence-corrected chi connectivity index (χ3v) is 4.07. The lowest BCUT2D eigenvalue weighted by molar-refractivity contribution is 0.113. The third-order valence-electron chi connectivity index (χ3n) is 3.39. The number of nitrogens with one attached hydrogen (secondary N) is 2. The maximum Gasteiger partial charge on any atom is 0.202 e. The van der Waals surface area contributed by atoms with Gasteiger partial charge in [0.05, 0.1) is 0 Å². The number of aromatic nitrogens is 2. The van der Waals surface area contributed by atoms with E-state index in [0.717, 1.165) is 30.0 Å². The van der Waals surface area contributed by atoms with Gasteiger partial charge in [-0.1, -0.05) is 0 Å². The first-order valence-corrected chi connectivity index (χ1v) is 7.38. The van der Waals surface area contributed by atoms with Crippen LogP contribution in [-0.4, -0.2) is 36.1 Å². The molecule has 1 aliphatic rings. The molecule has 0 saturated carbocycles. The summed E-state index contributed by atoms with van der Waals surface area (Å²) in [5.74, 6) is 1.57. The van der Waals surface area contributed by atoms with E-state index >= 15 is 0 Å². The largest absolute Gasteiger partial charge is 0.374 e. The highest BCUT2D eigenvalue weighted by atomic mass is 32.1. The minimum Gasteiger partial charge on any atom is -0.374 e. The second-order valence-electron chi connectivity index (χ2n) is 4.76. The summed E-state index contributed by atoms with van der Waals surface area (Å²) in [4.78, 5) is 4.42. The lowest BCUT2D eigenvalue weighted by Gasteiger charge is -2.22. The fourth-order valence-corrected chi connectivity index (χ4v) is 2.80. The summed E-state index contributed by atoms with van der Waals surface area (Å²) in [6.07, 6.45) is 3.82. The van der Waals surface area contributed by atoms with Gasteiger partial charge in [-0.25, -0.2) is 4.98 Å². The van der Waals surface area contributed by atoms with E-state index in [1.807, 2.05) is 6.92 Å². The van der Waals surface area contributed by atoms with E-state index in [2.05, 4.69) is 20.0 Å². The van der Waals surface area contributed by atoms with E-state index in [-0.39, 0.29) is 6.10 Å². The average molecular weight is 270 g/mol. The highest BCUT2D eigenvalue weighted by Crippen LogP contribution is 2.19. The van der Waals surface area contributed by atoms with Gasteiger partial charge in [0.1, 0.15) is 6.10 Å². The molecule has 1 fully saturated rings. The van der Waals surface area contributed by atoms with Gasteiger partial charge in [-0.15, -0.1) is 0 Å². The maximum absolute atomic E-state index is 5.19. The summed E-state index contributed by atoms with van der Waals surface area (Å²) < 4.78 is 9.48. The first-order valence-electron chi connectivity index (χ1n) is 6.60. The third kappa shape index (κ3) is 3.90. The molecule has 2 N–H and O–H groups in total. The van der Waals surface area contributed by atoms with E-state index in [1.54, 1.807) is 7.11 Å². The molecular weight excluding hydrogens is 248 g/mol. The normalized spacial score (nSPS) is 21.8. The Hall–Kier alpha value is -0.720. The topological polar surface area (TPSA) is 59.1 Å². The molecule has 1 saturated heterocycles. The van der Waals surface area contributed by atoms with Gasteiger partial charge in [-0.2, -0.15) is 4.37 Å². The van der Waals surface area contributed by atoms with Crippen LogP contribution in [0.2, 0.25) is 0 Å². The fraction of sp³-hybridized carbons (Fsp3) is 0.833. The number of nitrogens with zero attached hydrogens (tertiary/aromatic N) is 2. The van der Waals surface area contributed by atoms with Crippen LogP contribution in [0.4, 0.5) is 5.13 Å². The first-order chi connectivity index (χ1) is 8.79. The number of hydrogen-bond acceptors (Lipinski definition) is 6. The summed E-state index contributed by atoms with van der Waals surface area (Å²) >= 11 is 1.41. The van der Waals surface area contributed by atoms with Crippen LogP contribution in [0.3, 0.4) is 0 Å². The van der Waals surface area contributed by atoms with E-state index in [9.17, 15) is 0 Å². The summed E-state index contributed by atoms with van der Waals surface area (Å²) in [5.41, 5.74) is 0. The van der Waals surface area contributed by atoms with E-state index in [0.29, 0.717) is 0 Å². The van der Waals surface area contributed by atoms with Crippen molar-refractivity contribution in [1.82, 2.24) is 14.7 Å². The van der Waals surface area contributed by atoms with E-state index < -0.39 is 0 Å². The SMILES string of the molecule is COC(C)c1nsc(NCCC2CCCNC2)n1. The molecule has 2 heterocycles. The lowest BCUT2D eigenvalue weighted by Crippen LogP contribution is -2.30. The first kappa shape index (κ1) is 13.7. The van der Waals surface area contributed by atoms with Crippen molar-refractivity contribution in [3.63, 3.8) is 0 Å². The number of ether oxygens (including phenoxy) is 1. The second-order valence-corrected chi connectivity index (χ2v) is 5.52. The molecule has 102 valence electrons. The van der Waals surface area contributed by atoms with Crippen LogP contribution in [0.15, 0.2) is 0 Å². The van der Waals surface area contributed by atoms with Crippen molar-refractivity contribution < 1.29 is 4.74 Å². The predicted molar refractivity (Wildman–Crippen MR) is 74.0 cm³/mol. The number of methoxy groups -OCH3 is 1. The standard InChI is InChI=1S/C12H22N4OS/c1-9(17-2)11-15-12(18-16-11)14-7-5-10-4-3-6-13-8-10/h9-10,13H,3-8H2,1-2H3,(H,14,15,16). The van der Waals surface area contributed by atoms with Gasteiger partial charge in [0.25, 0.3) is 0 Å². The van der Waals surface area contributed by atoms with Gasteiger partial charge in [-0.05, 0) is 45.2 Å². The van der Waals surface area contributed by atoms with Gasteiger partial charge in [0.15, 0.2) is 5.82 Å². The average Bonchev–Trinajstić information content (AvgIpc) is 2.88. The van der Waals surface area contributed by atoms with Crippen molar-refractivity contribution in [2.24, 2.45) is 5.92 Å². The van der Waals surface area contributed by atoms with Gasteiger partial charge < -0.3 is 15.4 Å². The Morgan fingerprint density at radius 1 is 1.61 bits per heavy atom. The van der Waals surface area contributed by atoms with Crippen molar-refractivity contribution in [2.75, 3.05) is 32.1 Å². The Balaban J connectivity index is 1.71. The molecular formula is C12H22N4OS. The molecule has 1 aliphatic heterocycles. The Morgan fingerprint density at radius 2 is 2.50 bits per heavy atom. The highest BCUT2D eigenvalue weighted by molar-refractivity contribution is 7.09. The predicted octanol–water partition coefficient (Wildman–Crippen LogP) is 2.05. The van der Waals surface area contributed by atoms with Crippen molar-refractivity contribution in [1.29, 1.82) is 0 Å². The molecule has 18 heavy (non-hydrogen) atoms. The number of rotatable bonds is 6. The number of piperidine rings is 1. The summed E-state index contributed by atoms with van der Waals surface area (Å²) in [5, 5.41) is 7.69. The lowest BCUT2D eigenvalue weighted by atomic mass is 9.96. The zero-order chi connectivity index (χ0) is 12.8.